The van der Waals surface area contributed by atoms with Gasteiger partial charge in [0.15, 0.2) is 0 Å². The van der Waals surface area contributed by atoms with E-state index in [2.05, 4.69) is 56.4 Å². The molecule has 1 aromatic carbocycles. The van der Waals surface area contributed by atoms with E-state index in [1.54, 1.807) is 6.26 Å². The molecule has 0 saturated heterocycles. The summed E-state index contributed by atoms with van der Waals surface area (Å²) in [5.41, 5.74) is 1.29. The standard InChI is InChI=1S/C16H21NO/c1-4-17-15(14-11-8-12-18-14)16(2,3)13-9-6-5-7-10-13/h5-12,15,17H,4H2,1-3H3. The summed E-state index contributed by atoms with van der Waals surface area (Å²) in [7, 11) is 0. The Kier molecular flexibility index (Phi) is 3.87. The number of likely N-dealkylation sites (N-methyl/N-ethyl adjacent to an activating group) is 1. The Balaban J connectivity index is 2.36. The second kappa shape index (κ2) is 5.40. The summed E-state index contributed by atoms with van der Waals surface area (Å²) in [6, 6.07) is 14.7. The van der Waals surface area contributed by atoms with Crippen LogP contribution >= 0.6 is 0 Å². The topological polar surface area (TPSA) is 25.2 Å². The molecule has 1 heterocycles. The highest BCUT2D eigenvalue weighted by atomic mass is 16.3. The molecule has 1 N–H and O–H groups in total. The maximum Gasteiger partial charge on any atom is 0.121 e. The molecule has 0 aliphatic carbocycles. The van der Waals surface area contributed by atoms with Crippen molar-refractivity contribution in [2.24, 2.45) is 0 Å². The van der Waals surface area contributed by atoms with E-state index in [0.29, 0.717) is 0 Å². The summed E-state index contributed by atoms with van der Waals surface area (Å²) in [6.45, 7) is 7.54. The Hall–Kier alpha value is -1.54. The van der Waals surface area contributed by atoms with Gasteiger partial charge in [0.2, 0.25) is 0 Å². The van der Waals surface area contributed by atoms with Gasteiger partial charge in [0.25, 0.3) is 0 Å². The van der Waals surface area contributed by atoms with Gasteiger partial charge in [-0.05, 0) is 24.2 Å². The van der Waals surface area contributed by atoms with E-state index in [1.165, 1.54) is 5.56 Å². The molecule has 1 atom stereocenters. The number of furan rings is 1. The fourth-order valence-electron chi connectivity index (χ4n) is 2.41. The summed E-state index contributed by atoms with van der Waals surface area (Å²) in [5.74, 6) is 0.991. The molecule has 2 aromatic rings. The van der Waals surface area contributed by atoms with Gasteiger partial charge in [-0.2, -0.15) is 0 Å². The monoisotopic (exact) mass is 243 g/mol. The first-order chi connectivity index (χ1) is 8.66. The maximum atomic E-state index is 5.59. The van der Waals surface area contributed by atoms with E-state index < -0.39 is 0 Å². The van der Waals surface area contributed by atoms with Crippen molar-refractivity contribution in [2.45, 2.75) is 32.2 Å². The molecule has 18 heavy (non-hydrogen) atoms. The Bertz CT molecular complexity index is 459. The molecule has 0 saturated carbocycles. The van der Waals surface area contributed by atoms with Crippen LogP contribution in [0.3, 0.4) is 0 Å². The van der Waals surface area contributed by atoms with Gasteiger partial charge >= 0.3 is 0 Å². The Morgan fingerprint density at radius 1 is 1.11 bits per heavy atom. The zero-order valence-electron chi connectivity index (χ0n) is 11.3. The van der Waals surface area contributed by atoms with E-state index in [-0.39, 0.29) is 11.5 Å². The van der Waals surface area contributed by atoms with Crippen LogP contribution in [0.25, 0.3) is 0 Å². The van der Waals surface area contributed by atoms with Crippen LogP contribution in [0.5, 0.6) is 0 Å². The Morgan fingerprint density at radius 3 is 2.39 bits per heavy atom. The van der Waals surface area contributed by atoms with Crippen LogP contribution in [-0.2, 0) is 5.41 Å². The van der Waals surface area contributed by atoms with Crippen LogP contribution < -0.4 is 5.32 Å². The van der Waals surface area contributed by atoms with Crippen molar-refractivity contribution < 1.29 is 4.42 Å². The first-order valence-corrected chi connectivity index (χ1v) is 6.48. The van der Waals surface area contributed by atoms with Crippen LogP contribution in [0.4, 0.5) is 0 Å². The molecule has 0 radical (unpaired) electrons. The lowest BCUT2D eigenvalue weighted by molar-refractivity contribution is 0.301. The number of nitrogens with one attached hydrogen (secondary N) is 1. The second-order valence-corrected chi connectivity index (χ2v) is 5.09. The molecular formula is C16H21NO. The van der Waals surface area contributed by atoms with E-state index >= 15 is 0 Å². The number of hydrogen-bond acceptors (Lipinski definition) is 2. The van der Waals surface area contributed by atoms with Gasteiger partial charge in [-0.25, -0.2) is 0 Å². The molecule has 2 heteroatoms. The lowest BCUT2D eigenvalue weighted by atomic mass is 9.76. The van der Waals surface area contributed by atoms with Crippen LogP contribution in [0, 0.1) is 0 Å². The highest BCUT2D eigenvalue weighted by Gasteiger charge is 2.33. The van der Waals surface area contributed by atoms with Crippen molar-refractivity contribution in [3.05, 3.63) is 60.1 Å². The molecule has 0 bridgehead atoms. The van der Waals surface area contributed by atoms with Gasteiger partial charge in [-0.15, -0.1) is 0 Å². The third kappa shape index (κ3) is 2.49. The summed E-state index contributed by atoms with van der Waals surface area (Å²) < 4.78 is 5.59. The lowest BCUT2D eigenvalue weighted by Crippen LogP contribution is -2.37. The SMILES string of the molecule is CCNC(c1ccco1)C(C)(C)c1ccccc1. The Morgan fingerprint density at radius 2 is 1.83 bits per heavy atom. The van der Waals surface area contributed by atoms with Crippen molar-refractivity contribution in [1.82, 2.24) is 5.32 Å². The van der Waals surface area contributed by atoms with E-state index in [4.69, 9.17) is 4.42 Å². The molecule has 0 fully saturated rings. The van der Waals surface area contributed by atoms with Crippen molar-refractivity contribution in [1.29, 1.82) is 0 Å². The van der Waals surface area contributed by atoms with Crippen LogP contribution in [0.1, 0.15) is 38.1 Å². The molecule has 96 valence electrons. The first kappa shape index (κ1) is 12.9. The van der Waals surface area contributed by atoms with Gasteiger partial charge in [-0.3, -0.25) is 0 Å². The molecule has 0 aliphatic heterocycles. The number of benzene rings is 1. The van der Waals surface area contributed by atoms with Gasteiger partial charge in [0, 0.05) is 5.41 Å². The molecule has 2 rings (SSSR count). The van der Waals surface area contributed by atoms with Crippen LogP contribution in [-0.4, -0.2) is 6.54 Å². The average Bonchev–Trinajstić information content (AvgIpc) is 2.90. The van der Waals surface area contributed by atoms with E-state index in [9.17, 15) is 0 Å². The molecular weight excluding hydrogens is 222 g/mol. The van der Waals surface area contributed by atoms with E-state index in [0.717, 1.165) is 12.3 Å². The van der Waals surface area contributed by atoms with Gasteiger partial charge < -0.3 is 9.73 Å². The first-order valence-electron chi connectivity index (χ1n) is 6.48. The fraction of sp³-hybridized carbons (Fsp3) is 0.375. The van der Waals surface area contributed by atoms with Crippen LogP contribution in [0.2, 0.25) is 0 Å². The fourth-order valence-corrected chi connectivity index (χ4v) is 2.41. The van der Waals surface area contributed by atoms with Gasteiger partial charge in [0.05, 0.1) is 12.3 Å². The third-order valence-corrected chi connectivity index (χ3v) is 3.48. The highest BCUT2D eigenvalue weighted by Crippen LogP contribution is 2.36. The zero-order valence-corrected chi connectivity index (χ0v) is 11.3. The highest BCUT2D eigenvalue weighted by molar-refractivity contribution is 5.28. The molecule has 1 unspecified atom stereocenters. The maximum absolute atomic E-state index is 5.59. The normalized spacial score (nSPS) is 13.5. The molecule has 0 amide bonds. The minimum atomic E-state index is -0.0187. The predicted molar refractivity (Wildman–Crippen MR) is 74.6 cm³/mol. The predicted octanol–water partition coefficient (Wildman–Crippen LogP) is 3.91. The van der Waals surface area contributed by atoms with Crippen molar-refractivity contribution in [3.8, 4) is 0 Å². The summed E-state index contributed by atoms with van der Waals surface area (Å²) in [4.78, 5) is 0. The summed E-state index contributed by atoms with van der Waals surface area (Å²) >= 11 is 0. The van der Waals surface area contributed by atoms with Crippen molar-refractivity contribution in [2.75, 3.05) is 6.54 Å². The average molecular weight is 243 g/mol. The zero-order chi connectivity index (χ0) is 13.0. The number of hydrogen-bond donors (Lipinski definition) is 1. The quantitative estimate of drug-likeness (QED) is 0.861. The largest absolute Gasteiger partial charge is 0.468 e. The van der Waals surface area contributed by atoms with Crippen LogP contribution in [0.15, 0.2) is 53.1 Å². The minimum Gasteiger partial charge on any atom is -0.468 e. The number of rotatable bonds is 5. The molecule has 1 aromatic heterocycles. The van der Waals surface area contributed by atoms with Crippen molar-refractivity contribution >= 4 is 0 Å². The minimum absolute atomic E-state index is 0.0187. The Labute approximate surface area is 109 Å². The molecule has 2 nitrogen and oxygen atoms in total. The van der Waals surface area contributed by atoms with Gasteiger partial charge in [-0.1, -0.05) is 51.1 Å². The third-order valence-electron chi connectivity index (χ3n) is 3.48. The summed E-state index contributed by atoms with van der Waals surface area (Å²) in [6.07, 6.45) is 1.74. The lowest BCUT2D eigenvalue weighted by Gasteiger charge is -2.34. The molecule has 0 aliphatic rings. The van der Waals surface area contributed by atoms with Crippen molar-refractivity contribution in [3.63, 3.8) is 0 Å². The van der Waals surface area contributed by atoms with E-state index in [1.807, 2.05) is 12.1 Å². The molecule has 0 spiro atoms. The van der Waals surface area contributed by atoms with Gasteiger partial charge in [0.1, 0.15) is 5.76 Å². The smallest absolute Gasteiger partial charge is 0.121 e. The second-order valence-electron chi connectivity index (χ2n) is 5.09. The summed E-state index contributed by atoms with van der Waals surface area (Å²) in [5, 5.41) is 3.53.